The summed E-state index contributed by atoms with van der Waals surface area (Å²) in [6.07, 6.45) is 0. The first kappa shape index (κ1) is 34.5. The minimum atomic E-state index is -1.25. The van der Waals surface area contributed by atoms with Crippen molar-refractivity contribution in [1.82, 2.24) is 0 Å². The van der Waals surface area contributed by atoms with Crippen molar-refractivity contribution in [2.45, 2.75) is 12.9 Å². The number of hydrogen-bond donors (Lipinski definition) is 0. The first-order valence-electron chi connectivity index (χ1n) is 12.0. The minimum absolute atomic E-state index is 0.289. The maximum Gasteiger partial charge on any atom is 0.280 e. The predicted octanol–water partition coefficient (Wildman–Crippen LogP) is 0.749. The lowest BCUT2D eigenvalue weighted by molar-refractivity contribution is -0.374. The molecule has 0 amide bonds. The van der Waals surface area contributed by atoms with Gasteiger partial charge in [-0.3, -0.25) is 0 Å². The lowest BCUT2D eigenvalue weighted by atomic mass is 10.6. The highest BCUT2D eigenvalue weighted by molar-refractivity contribution is 4.50. The summed E-state index contributed by atoms with van der Waals surface area (Å²) < 4.78 is 64.7. The molecule has 212 valence electrons. The van der Waals surface area contributed by atoms with Gasteiger partial charge in [-0.1, -0.05) is 0 Å². The minimum Gasteiger partial charge on any atom is -0.382 e. The van der Waals surface area contributed by atoms with Crippen LogP contribution >= 0.6 is 0 Å². The van der Waals surface area contributed by atoms with E-state index in [9.17, 15) is 0 Å². The highest BCUT2D eigenvalue weighted by Crippen LogP contribution is 2.14. The molecule has 12 heteroatoms. The average Bonchev–Trinajstić information content (AvgIpc) is 2.86. The van der Waals surface area contributed by atoms with Crippen molar-refractivity contribution in [2.75, 3.05) is 140 Å². The summed E-state index contributed by atoms with van der Waals surface area (Å²) in [5, 5.41) is 0. The molecule has 35 heavy (non-hydrogen) atoms. The lowest BCUT2D eigenvalue weighted by Gasteiger charge is -2.29. The molecule has 0 aromatic rings. The van der Waals surface area contributed by atoms with Crippen molar-refractivity contribution in [1.29, 1.82) is 0 Å². The highest BCUT2D eigenvalue weighted by atomic mass is 16.9. The van der Waals surface area contributed by atoms with E-state index in [1.165, 1.54) is 0 Å². The van der Waals surface area contributed by atoms with E-state index in [1.54, 1.807) is 28.3 Å². The van der Waals surface area contributed by atoms with Crippen molar-refractivity contribution in [3.63, 3.8) is 0 Å². The largest absolute Gasteiger partial charge is 0.382 e. The van der Waals surface area contributed by atoms with Gasteiger partial charge in [-0.15, -0.1) is 0 Å². The molecule has 0 fully saturated rings. The lowest BCUT2D eigenvalue weighted by Crippen LogP contribution is -2.39. The zero-order chi connectivity index (χ0) is 25.7. The predicted molar refractivity (Wildman–Crippen MR) is 127 cm³/mol. The van der Waals surface area contributed by atoms with Gasteiger partial charge in [0.1, 0.15) is 0 Å². The van der Waals surface area contributed by atoms with Crippen LogP contribution < -0.4 is 0 Å². The van der Waals surface area contributed by atoms with Crippen molar-refractivity contribution in [3.8, 4) is 0 Å². The van der Waals surface area contributed by atoms with Crippen molar-refractivity contribution < 1.29 is 56.8 Å². The van der Waals surface area contributed by atoms with E-state index in [-0.39, 0.29) is 19.8 Å². The second kappa shape index (κ2) is 28.1. The molecule has 0 aromatic heterocycles. The molecule has 12 nitrogen and oxygen atoms in total. The van der Waals surface area contributed by atoms with Crippen LogP contribution in [0.15, 0.2) is 0 Å². The van der Waals surface area contributed by atoms with E-state index in [4.69, 9.17) is 56.8 Å². The van der Waals surface area contributed by atoms with Crippen LogP contribution in [0.1, 0.15) is 6.92 Å². The van der Waals surface area contributed by atoms with E-state index in [2.05, 4.69) is 0 Å². The summed E-state index contributed by atoms with van der Waals surface area (Å²) in [5.74, 6) is -1.25. The van der Waals surface area contributed by atoms with Crippen molar-refractivity contribution in [2.24, 2.45) is 0 Å². The molecule has 0 spiro atoms. The smallest absolute Gasteiger partial charge is 0.280 e. The van der Waals surface area contributed by atoms with Gasteiger partial charge in [0.2, 0.25) is 0 Å². The Labute approximate surface area is 210 Å². The summed E-state index contributed by atoms with van der Waals surface area (Å²) in [4.78, 5) is 0. The molecule has 0 atom stereocenters. The SMILES string of the molecule is COCCOCCOCCOC(C)(OCCOCCOCCOC)OCCOCCOCCOC. The second-order valence-corrected chi connectivity index (χ2v) is 7.06. The Morgan fingerprint density at radius 2 is 0.514 bits per heavy atom. The average molecular weight is 517 g/mol. The Morgan fingerprint density at radius 3 is 0.743 bits per heavy atom. The molecule has 0 saturated carbocycles. The zero-order valence-electron chi connectivity index (χ0n) is 22.1. The van der Waals surface area contributed by atoms with Gasteiger partial charge < -0.3 is 56.8 Å². The van der Waals surface area contributed by atoms with Gasteiger partial charge in [0.15, 0.2) is 0 Å². The molecule has 0 aromatic carbocycles. The van der Waals surface area contributed by atoms with E-state index in [0.717, 1.165) is 0 Å². The third kappa shape index (κ3) is 26.4. The molecule has 0 aliphatic rings. The van der Waals surface area contributed by atoms with Gasteiger partial charge in [0, 0.05) is 28.3 Å². The first-order chi connectivity index (χ1) is 17.2. The maximum atomic E-state index is 5.80. The van der Waals surface area contributed by atoms with E-state index < -0.39 is 5.97 Å². The van der Waals surface area contributed by atoms with Gasteiger partial charge in [-0.25, -0.2) is 0 Å². The van der Waals surface area contributed by atoms with Gasteiger partial charge in [0.05, 0.1) is 119 Å². The molecule has 0 aliphatic heterocycles. The number of rotatable bonds is 30. The molecule has 0 N–H and O–H groups in total. The van der Waals surface area contributed by atoms with Gasteiger partial charge >= 0.3 is 0 Å². The van der Waals surface area contributed by atoms with Crippen LogP contribution in [0, 0.1) is 0 Å². The van der Waals surface area contributed by atoms with Crippen LogP contribution in [0.3, 0.4) is 0 Å². The Kier molecular flexibility index (Phi) is 27.7. The Hall–Kier alpha value is -0.480. The first-order valence-corrected chi connectivity index (χ1v) is 12.0. The quantitative estimate of drug-likeness (QED) is 0.0992. The molecule has 0 radical (unpaired) electrons. The molecular weight excluding hydrogens is 468 g/mol. The molecule has 0 bridgehead atoms. The molecule has 0 rings (SSSR count). The van der Waals surface area contributed by atoms with Gasteiger partial charge in [0.25, 0.3) is 5.97 Å². The summed E-state index contributed by atoms with van der Waals surface area (Å²) in [6.45, 7) is 9.88. The summed E-state index contributed by atoms with van der Waals surface area (Å²) in [6, 6.07) is 0. The molecule has 0 unspecified atom stereocenters. The fourth-order valence-electron chi connectivity index (χ4n) is 2.38. The van der Waals surface area contributed by atoms with E-state index >= 15 is 0 Å². The fraction of sp³-hybridized carbons (Fsp3) is 1.00. The number of hydrogen-bond acceptors (Lipinski definition) is 12. The highest BCUT2D eigenvalue weighted by Gasteiger charge is 2.27. The van der Waals surface area contributed by atoms with Crippen molar-refractivity contribution in [3.05, 3.63) is 0 Å². The van der Waals surface area contributed by atoms with Gasteiger partial charge in [-0.05, 0) is 0 Å². The maximum absolute atomic E-state index is 5.80. The van der Waals surface area contributed by atoms with Crippen LogP contribution in [-0.2, 0) is 56.8 Å². The molecule has 0 heterocycles. The normalized spacial score (nSPS) is 12.0. The molecule has 0 aliphatic carbocycles. The Bertz CT molecular complexity index is 348. The van der Waals surface area contributed by atoms with Gasteiger partial charge in [-0.2, -0.15) is 0 Å². The van der Waals surface area contributed by atoms with Crippen LogP contribution in [0.5, 0.6) is 0 Å². The zero-order valence-corrected chi connectivity index (χ0v) is 22.1. The third-order valence-electron chi connectivity index (χ3n) is 4.19. The van der Waals surface area contributed by atoms with E-state index in [1.807, 2.05) is 0 Å². The van der Waals surface area contributed by atoms with Crippen molar-refractivity contribution >= 4 is 0 Å². The third-order valence-corrected chi connectivity index (χ3v) is 4.19. The van der Waals surface area contributed by atoms with E-state index in [0.29, 0.717) is 99.1 Å². The topological polar surface area (TPSA) is 111 Å². The van der Waals surface area contributed by atoms with Crippen LogP contribution in [-0.4, -0.2) is 146 Å². The summed E-state index contributed by atoms with van der Waals surface area (Å²) in [7, 11) is 4.90. The number of methoxy groups -OCH3 is 3. The van der Waals surface area contributed by atoms with Crippen LogP contribution in [0.2, 0.25) is 0 Å². The second-order valence-electron chi connectivity index (χ2n) is 7.06. The molecule has 0 saturated heterocycles. The number of ether oxygens (including phenoxy) is 12. The molecular formula is C23H48O12. The fourth-order valence-corrected chi connectivity index (χ4v) is 2.38. The monoisotopic (exact) mass is 516 g/mol. The Balaban J connectivity index is 4.05. The standard InChI is InChI=1S/C23H48O12/c1-23(33-20-17-30-14-11-27-8-5-24-2,34-21-18-31-15-12-28-9-6-25-3)35-22-19-32-16-13-29-10-7-26-4/h5-22H2,1-4H3. The summed E-state index contributed by atoms with van der Waals surface area (Å²) in [5.41, 5.74) is 0. The van der Waals surface area contributed by atoms with Crippen LogP contribution in [0.25, 0.3) is 0 Å². The Morgan fingerprint density at radius 1 is 0.314 bits per heavy atom. The van der Waals surface area contributed by atoms with Crippen LogP contribution in [0.4, 0.5) is 0 Å². The summed E-state index contributed by atoms with van der Waals surface area (Å²) >= 11 is 0.